The molecule has 1 saturated heterocycles. The highest BCUT2D eigenvalue weighted by atomic mass is 16.6. The average Bonchev–Trinajstić information content (AvgIpc) is 2.80. The van der Waals surface area contributed by atoms with Crippen LogP contribution >= 0.6 is 0 Å². The normalized spacial score (nSPS) is 13.7. The first-order valence-corrected chi connectivity index (χ1v) is 9.54. The van der Waals surface area contributed by atoms with Crippen LogP contribution in [0.15, 0.2) is 66.7 Å². The Morgan fingerprint density at radius 3 is 2.20 bits per heavy atom. The Labute approximate surface area is 173 Å². The summed E-state index contributed by atoms with van der Waals surface area (Å²) in [7, 11) is 0. The third-order valence-corrected chi connectivity index (χ3v) is 4.91. The van der Waals surface area contributed by atoms with Crippen molar-refractivity contribution >= 4 is 28.9 Å². The summed E-state index contributed by atoms with van der Waals surface area (Å²) in [5, 5.41) is 22.5. The van der Waals surface area contributed by atoms with Crippen molar-refractivity contribution in [3.63, 3.8) is 0 Å². The van der Waals surface area contributed by atoms with Crippen LogP contribution < -0.4 is 10.2 Å². The second-order valence-electron chi connectivity index (χ2n) is 6.85. The number of piperazine rings is 1. The molecule has 9 nitrogen and oxygen atoms in total. The number of carbonyl (C=O) groups is 1. The molecule has 152 valence electrons. The Hall–Kier alpha value is -4.01. The fraction of sp³-hybridized carbons (Fsp3) is 0.190. The number of benzene rings is 2. The number of para-hydroxylation sites is 1. The van der Waals surface area contributed by atoms with Gasteiger partial charge in [-0.2, -0.15) is 0 Å². The lowest BCUT2D eigenvalue weighted by Crippen LogP contribution is -2.49. The van der Waals surface area contributed by atoms with E-state index in [4.69, 9.17) is 0 Å². The van der Waals surface area contributed by atoms with Gasteiger partial charge in [0, 0.05) is 49.6 Å². The van der Waals surface area contributed by atoms with Crippen LogP contribution in [-0.2, 0) is 0 Å². The number of rotatable bonds is 5. The summed E-state index contributed by atoms with van der Waals surface area (Å²) < 4.78 is 0. The summed E-state index contributed by atoms with van der Waals surface area (Å²) in [5.74, 6) is 1.30. The molecular formula is C21H20N6O3. The number of hydrogen-bond donors (Lipinski definition) is 1. The highest BCUT2D eigenvalue weighted by Gasteiger charge is 2.23. The first kappa shape index (κ1) is 19.3. The van der Waals surface area contributed by atoms with E-state index in [9.17, 15) is 14.9 Å². The molecule has 1 aliphatic rings. The third-order valence-electron chi connectivity index (χ3n) is 4.91. The molecule has 0 bridgehead atoms. The maximum atomic E-state index is 12.6. The molecule has 2 aromatic carbocycles. The second-order valence-corrected chi connectivity index (χ2v) is 6.85. The van der Waals surface area contributed by atoms with Crippen LogP contribution in [0.4, 0.5) is 23.0 Å². The van der Waals surface area contributed by atoms with Gasteiger partial charge in [-0.15, -0.1) is 10.2 Å². The van der Waals surface area contributed by atoms with Gasteiger partial charge in [0.05, 0.1) is 4.92 Å². The molecule has 0 radical (unpaired) electrons. The van der Waals surface area contributed by atoms with Crippen molar-refractivity contribution in [1.82, 2.24) is 15.1 Å². The summed E-state index contributed by atoms with van der Waals surface area (Å²) in [4.78, 5) is 26.8. The monoisotopic (exact) mass is 404 g/mol. The van der Waals surface area contributed by atoms with E-state index in [0.717, 1.165) is 11.5 Å². The number of nitrogens with zero attached hydrogens (tertiary/aromatic N) is 5. The minimum absolute atomic E-state index is 0.0276. The van der Waals surface area contributed by atoms with E-state index >= 15 is 0 Å². The number of nitro benzene ring substituents is 1. The average molecular weight is 404 g/mol. The van der Waals surface area contributed by atoms with Gasteiger partial charge in [0.25, 0.3) is 11.6 Å². The quantitative estimate of drug-likeness (QED) is 0.515. The standard InChI is InChI=1S/C21H20N6O3/c28-21(16-6-8-18(9-7-16)27(29)30)26-14-12-25(13-15-26)20-11-10-19(23-24-20)22-17-4-2-1-3-5-17/h1-11H,12-15H2,(H,22,23). The Bertz CT molecular complexity index is 1020. The SMILES string of the molecule is O=C(c1ccc([N+](=O)[O-])cc1)N1CCN(c2ccc(Nc3ccccc3)nn2)CC1. The fourth-order valence-electron chi connectivity index (χ4n) is 3.28. The largest absolute Gasteiger partial charge is 0.352 e. The molecule has 1 aliphatic heterocycles. The maximum Gasteiger partial charge on any atom is 0.269 e. The lowest BCUT2D eigenvalue weighted by Gasteiger charge is -2.35. The van der Waals surface area contributed by atoms with Crippen LogP contribution in [0, 0.1) is 10.1 Å². The number of non-ortho nitro benzene ring substituents is 1. The summed E-state index contributed by atoms with van der Waals surface area (Å²) in [6, 6.07) is 19.2. The summed E-state index contributed by atoms with van der Waals surface area (Å²) in [6.07, 6.45) is 0. The van der Waals surface area contributed by atoms with Crippen LogP contribution in [0.2, 0.25) is 0 Å². The van der Waals surface area contributed by atoms with Gasteiger partial charge in [-0.25, -0.2) is 0 Å². The predicted molar refractivity (Wildman–Crippen MR) is 113 cm³/mol. The van der Waals surface area contributed by atoms with E-state index in [1.165, 1.54) is 24.3 Å². The Morgan fingerprint density at radius 1 is 0.900 bits per heavy atom. The van der Waals surface area contributed by atoms with Gasteiger partial charge >= 0.3 is 0 Å². The highest BCUT2D eigenvalue weighted by molar-refractivity contribution is 5.94. The molecule has 1 fully saturated rings. The molecular weight excluding hydrogens is 384 g/mol. The van der Waals surface area contributed by atoms with Crippen LogP contribution in [0.5, 0.6) is 0 Å². The van der Waals surface area contributed by atoms with Crippen molar-refractivity contribution in [2.75, 3.05) is 36.4 Å². The molecule has 2 heterocycles. The number of nitro groups is 1. The Kier molecular flexibility index (Phi) is 5.51. The van der Waals surface area contributed by atoms with Gasteiger partial charge in [0.1, 0.15) is 0 Å². The van der Waals surface area contributed by atoms with Crippen LogP contribution in [0.3, 0.4) is 0 Å². The van der Waals surface area contributed by atoms with Gasteiger partial charge in [-0.05, 0) is 36.4 Å². The molecule has 1 amide bonds. The zero-order valence-electron chi connectivity index (χ0n) is 16.1. The maximum absolute atomic E-state index is 12.6. The minimum Gasteiger partial charge on any atom is -0.352 e. The van der Waals surface area contributed by atoms with Crippen molar-refractivity contribution in [2.45, 2.75) is 0 Å². The molecule has 4 rings (SSSR count). The van der Waals surface area contributed by atoms with Gasteiger partial charge in [-0.1, -0.05) is 18.2 Å². The number of anilines is 3. The van der Waals surface area contributed by atoms with Gasteiger partial charge in [-0.3, -0.25) is 14.9 Å². The van der Waals surface area contributed by atoms with Crippen molar-refractivity contribution in [3.8, 4) is 0 Å². The molecule has 1 aromatic heterocycles. The molecule has 3 aromatic rings. The molecule has 0 unspecified atom stereocenters. The Morgan fingerprint density at radius 2 is 1.60 bits per heavy atom. The number of aromatic nitrogens is 2. The van der Waals surface area contributed by atoms with Gasteiger partial charge in [0.15, 0.2) is 11.6 Å². The molecule has 9 heteroatoms. The van der Waals surface area contributed by atoms with Crippen molar-refractivity contribution in [1.29, 1.82) is 0 Å². The van der Waals surface area contributed by atoms with Gasteiger partial charge in [0.2, 0.25) is 0 Å². The summed E-state index contributed by atoms with van der Waals surface area (Å²) in [6.45, 7) is 2.36. The Balaban J connectivity index is 1.33. The van der Waals surface area contributed by atoms with Crippen molar-refractivity contribution < 1.29 is 9.72 Å². The van der Waals surface area contributed by atoms with E-state index in [0.29, 0.717) is 37.6 Å². The summed E-state index contributed by atoms with van der Waals surface area (Å²) >= 11 is 0. The van der Waals surface area contributed by atoms with E-state index < -0.39 is 4.92 Å². The number of hydrogen-bond acceptors (Lipinski definition) is 7. The smallest absolute Gasteiger partial charge is 0.269 e. The molecule has 30 heavy (non-hydrogen) atoms. The second kappa shape index (κ2) is 8.56. The number of amides is 1. The van der Waals surface area contributed by atoms with E-state index in [1.54, 1.807) is 4.90 Å². The first-order valence-electron chi connectivity index (χ1n) is 9.54. The van der Waals surface area contributed by atoms with Crippen LogP contribution in [0.1, 0.15) is 10.4 Å². The molecule has 1 N–H and O–H groups in total. The third kappa shape index (κ3) is 4.35. The summed E-state index contributed by atoms with van der Waals surface area (Å²) in [5.41, 5.74) is 1.36. The minimum atomic E-state index is -0.477. The molecule has 0 spiro atoms. The van der Waals surface area contributed by atoms with Crippen molar-refractivity contribution in [3.05, 3.63) is 82.4 Å². The molecule has 0 saturated carbocycles. The van der Waals surface area contributed by atoms with E-state index in [1.807, 2.05) is 42.5 Å². The molecule has 0 aliphatic carbocycles. The van der Waals surface area contributed by atoms with E-state index in [2.05, 4.69) is 20.4 Å². The highest BCUT2D eigenvalue weighted by Crippen LogP contribution is 2.19. The number of carbonyl (C=O) groups excluding carboxylic acids is 1. The predicted octanol–water partition coefficient (Wildman–Crippen LogP) is 3.09. The topological polar surface area (TPSA) is 104 Å². The van der Waals surface area contributed by atoms with E-state index in [-0.39, 0.29) is 11.6 Å². The number of nitrogens with one attached hydrogen (secondary N) is 1. The van der Waals surface area contributed by atoms with Gasteiger partial charge < -0.3 is 15.1 Å². The van der Waals surface area contributed by atoms with Crippen LogP contribution in [-0.4, -0.2) is 52.1 Å². The first-order chi connectivity index (χ1) is 14.6. The van der Waals surface area contributed by atoms with Crippen molar-refractivity contribution in [2.24, 2.45) is 0 Å². The fourth-order valence-corrected chi connectivity index (χ4v) is 3.28. The lowest BCUT2D eigenvalue weighted by molar-refractivity contribution is -0.384. The lowest BCUT2D eigenvalue weighted by atomic mass is 10.1. The molecule has 0 atom stereocenters. The zero-order chi connectivity index (χ0) is 20.9. The van der Waals surface area contributed by atoms with Crippen LogP contribution in [0.25, 0.3) is 0 Å². The zero-order valence-corrected chi connectivity index (χ0v) is 16.1.